The largest absolute Gasteiger partial charge is 0.311 e. The zero-order valence-electron chi connectivity index (χ0n) is 14.8. The molecule has 2 aromatic heterocycles. The van der Waals surface area contributed by atoms with Crippen molar-refractivity contribution in [2.75, 3.05) is 18.1 Å². The number of H-pyrrole nitrogens is 1. The van der Waals surface area contributed by atoms with Crippen LogP contribution in [0, 0.1) is 5.82 Å². The first-order valence-electron chi connectivity index (χ1n) is 9.26. The van der Waals surface area contributed by atoms with Crippen molar-refractivity contribution in [3.63, 3.8) is 0 Å². The fourth-order valence-electron chi connectivity index (χ4n) is 3.89. The molecule has 27 heavy (non-hydrogen) atoms. The van der Waals surface area contributed by atoms with E-state index in [0.29, 0.717) is 5.92 Å². The van der Waals surface area contributed by atoms with E-state index in [1.165, 1.54) is 12.1 Å². The molecule has 1 saturated heterocycles. The van der Waals surface area contributed by atoms with Gasteiger partial charge in [-0.3, -0.25) is 5.10 Å². The fourth-order valence-corrected chi connectivity index (χ4v) is 3.89. The number of benzene rings is 2. The van der Waals surface area contributed by atoms with Gasteiger partial charge in [-0.15, -0.1) is 0 Å². The molecule has 1 fully saturated rings. The van der Waals surface area contributed by atoms with Crippen LogP contribution in [-0.4, -0.2) is 32.9 Å². The highest BCUT2D eigenvalue weighted by atomic mass is 19.1. The standard InChI is InChI=1S/C21H20FN5/c22-17-9-7-15(8-10-17)19-12-20(25-24-19)16-4-3-11-26(13-16)27-14-23-18-5-1-2-6-21(18)27/h1-2,5-10,12,14,16H,3-4,11,13H2,(H,24,25)/t16-/m0/s1. The van der Waals surface area contributed by atoms with E-state index in [1.807, 2.05) is 24.5 Å². The number of rotatable bonds is 3. The molecule has 5 nitrogen and oxygen atoms in total. The Bertz CT molecular complexity index is 1070. The molecule has 5 rings (SSSR count). The van der Waals surface area contributed by atoms with Gasteiger partial charge in [0.25, 0.3) is 0 Å². The molecule has 3 heterocycles. The van der Waals surface area contributed by atoms with Gasteiger partial charge in [0.15, 0.2) is 0 Å². The molecule has 1 aliphatic rings. The quantitative estimate of drug-likeness (QED) is 0.598. The van der Waals surface area contributed by atoms with E-state index < -0.39 is 0 Å². The monoisotopic (exact) mass is 361 g/mol. The van der Waals surface area contributed by atoms with Gasteiger partial charge >= 0.3 is 0 Å². The maximum Gasteiger partial charge on any atom is 0.123 e. The maximum absolute atomic E-state index is 13.1. The van der Waals surface area contributed by atoms with Crippen molar-refractivity contribution in [3.8, 4) is 11.3 Å². The maximum atomic E-state index is 13.1. The van der Waals surface area contributed by atoms with Gasteiger partial charge in [0, 0.05) is 30.3 Å². The zero-order chi connectivity index (χ0) is 18.2. The number of para-hydroxylation sites is 2. The van der Waals surface area contributed by atoms with Crippen LogP contribution in [0.3, 0.4) is 0 Å². The summed E-state index contributed by atoms with van der Waals surface area (Å²) in [6.07, 6.45) is 4.14. The number of fused-ring (bicyclic) bond motifs is 1. The molecule has 1 aliphatic heterocycles. The predicted molar refractivity (Wildman–Crippen MR) is 104 cm³/mol. The molecule has 1 N–H and O–H groups in total. The highest BCUT2D eigenvalue weighted by Crippen LogP contribution is 2.29. The highest BCUT2D eigenvalue weighted by molar-refractivity contribution is 5.75. The number of imidazole rings is 1. The van der Waals surface area contributed by atoms with Crippen LogP contribution in [0.2, 0.25) is 0 Å². The lowest BCUT2D eigenvalue weighted by molar-refractivity contribution is 0.434. The van der Waals surface area contributed by atoms with Crippen LogP contribution in [0.4, 0.5) is 4.39 Å². The third-order valence-electron chi connectivity index (χ3n) is 5.32. The second-order valence-electron chi connectivity index (χ2n) is 7.05. The number of nitrogens with zero attached hydrogens (tertiary/aromatic N) is 4. The van der Waals surface area contributed by atoms with E-state index in [1.54, 1.807) is 12.1 Å². The smallest absolute Gasteiger partial charge is 0.123 e. The lowest BCUT2D eigenvalue weighted by Crippen LogP contribution is -2.42. The summed E-state index contributed by atoms with van der Waals surface area (Å²) in [6.45, 7) is 1.92. The van der Waals surface area contributed by atoms with Crippen molar-refractivity contribution in [3.05, 3.63) is 72.4 Å². The van der Waals surface area contributed by atoms with Crippen LogP contribution < -0.4 is 5.01 Å². The van der Waals surface area contributed by atoms with Gasteiger partial charge in [-0.1, -0.05) is 12.1 Å². The van der Waals surface area contributed by atoms with Crippen molar-refractivity contribution in [2.24, 2.45) is 0 Å². The molecule has 0 bridgehead atoms. The molecular weight excluding hydrogens is 341 g/mol. The number of aromatic nitrogens is 4. The molecule has 0 unspecified atom stereocenters. The van der Waals surface area contributed by atoms with E-state index in [4.69, 9.17) is 0 Å². The van der Waals surface area contributed by atoms with Crippen molar-refractivity contribution < 1.29 is 4.39 Å². The third-order valence-corrected chi connectivity index (χ3v) is 5.32. The molecular formula is C21H20FN5. The van der Waals surface area contributed by atoms with Crippen molar-refractivity contribution in [1.29, 1.82) is 0 Å². The summed E-state index contributed by atoms with van der Waals surface area (Å²) in [7, 11) is 0. The number of hydrogen-bond donors (Lipinski definition) is 1. The topological polar surface area (TPSA) is 49.7 Å². The fraction of sp³-hybridized carbons (Fsp3) is 0.238. The van der Waals surface area contributed by atoms with Gasteiger partial charge in [0.1, 0.15) is 12.1 Å². The molecule has 6 heteroatoms. The lowest BCUT2D eigenvalue weighted by atomic mass is 9.95. The second kappa shape index (κ2) is 6.54. The Morgan fingerprint density at radius 2 is 1.93 bits per heavy atom. The summed E-state index contributed by atoms with van der Waals surface area (Å²) in [5.74, 6) is 0.145. The minimum absolute atomic E-state index is 0.231. The Hall–Kier alpha value is -3.15. The molecule has 136 valence electrons. The van der Waals surface area contributed by atoms with Gasteiger partial charge in [-0.25, -0.2) is 14.1 Å². The van der Waals surface area contributed by atoms with Gasteiger partial charge in [0.2, 0.25) is 0 Å². The normalized spacial score (nSPS) is 17.5. The average molecular weight is 361 g/mol. The van der Waals surface area contributed by atoms with Gasteiger partial charge in [0.05, 0.1) is 16.7 Å². The lowest BCUT2D eigenvalue weighted by Gasteiger charge is -2.34. The van der Waals surface area contributed by atoms with E-state index >= 15 is 0 Å². The van der Waals surface area contributed by atoms with Crippen LogP contribution in [0.25, 0.3) is 22.3 Å². The van der Waals surface area contributed by atoms with Gasteiger partial charge in [-0.2, -0.15) is 5.10 Å². The van der Waals surface area contributed by atoms with Crippen LogP contribution >= 0.6 is 0 Å². The van der Waals surface area contributed by atoms with E-state index in [0.717, 1.165) is 53.9 Å². The van der Waals surface area contributed by atoms with Crippen LogP contribution in [0.1, 0.15) is 24.5 Å². The van der Waals surface area contributed by atoms with E-state index in [-0.39, 0.29) is 5.82 Å². The molecule has 4 aromatic rings. The van der Waals surface area contributed by atoms with Crippen molar-refractivity contribution in [1.82, 2.24) is 19.9 Å². The molecule has 0 amide bonds. The summed E-state index contributed by atoms with van der Waals surface area (Å²) >= 11 is 0. The summed E-state index contributed by atoms with van der Waals surface area (Å²) in [6, 6.07) is 16.8. The van der Waals surface area contributed by atoms with E-state index in [9.17, 15) is 4.39 Å². The van der Waals surface area contributed by atoms with Crippen molar-refractivity contribution in [2.45, 2.75) is 18.8 Å². The minimum Gasteiger partial charge on any atom is -0.311 e. The Balaban J connectivity index is 1.39. The average Bonchev–Trinajstić information content (AvgIpc) is 3.36. The van der Waals surface area contributed by atoms with Crippen molar-refractivity contribution >= 4 is 11.0 Å². The number of hydrogen-bond acceptors (Lipinski definition) is 3. The van der Waals surface area contributed by atoms with Gasteiger partial charge in [-0.05, 0) is 55.3 Å². The Morgan fingerprint density at radius 1 is 1.07 bits per heavy atom. The minimum atomic E-state index is -0.231. The Labute approximate surface area is 156 Å². The number of piperidine rings is 1. The third kappa shape index (κ3) is 2.97. The van der Waals surface area contributed by atoms with Crippen LogP contribution in [-0.2, 0) is 0 Å². The first-order valence-corrected chi connectivity index (χ1v) is 9.26. The number of halogens is 1. The zero-order valence-corrected chi connectivity index (χ0v) is 14.8. The summed E-state index contributed by atoms with van der Waals surface area (Å²) in [4.78, 5) is 4.51. The second-order valence-corrected chi connectivity index (χ2v) is 7.05. The van der Waals surface area contributed by atoms with E-state index in [2.05, 4.69) is 37.0 Å². The molecule has 0 radical (unpaired) electrons. The molecule has 0 spiro atoms. The van der Waals surface area contributed by atoms with Gasteiger partial charge < -0.3 is 5.01 Å². The molecule has 1 atom stereocenters. The van der Waals surface area contributed by atoms with Crippen LogP contribution in [0.5, 0.6) is 0 Å². The number of aromatic amines is 1. The summed E-state index contributed by atoms with van der Waals surface area (Å²) < 4.78 is 15.3. The molecule has 0 aliphatic carbocycles. The number of nitrogens with one attached hydrogen (secondary N) is 1. The Kier molecular flexibility index (Phi) is 3.89. The first-order chi connectivity index (χ1) is 13.3. The predicted octanol–water partition coefficient (Wildman–Crippen LogP) is 4.08. The molecule has 2 aromatic carbocycles. The first kappa shape index (κ1) is 16.1. The highest BCUT2D eigenvalue weighted by Gasteiger charge is 2.24. The molecule has 0 saturated carbocycles. The SMILES string of the molecule is Fc1ccc(-c2cc([C@H]3CCCN(n4cnc5ccccc54)C3)[nH]n2)cc1. The summed E-state index contributed by atoms with van der Waals surface area (Å²) in [5, 5.41) is 9.99. The Morgan fingerprint density at radius 3 is 2.81 bits per heavy atom. The van der Waals surface area contributed by atoms with Crippen LogP contribution in [0.15, 0.2) is 60.9 Å². The summed E-state index contributed by atoms with van der Waals surface area (Å²) in [5.41, 5.74) is 5.06.